The van der Waals surface area contributed by atoms with Crippen LogP contribution in [0.2, 0.25) is 0 Å². The molecule has 0 saturated heterocycles. The van der Waals surface area contributed by atoms with E-state index in [0.29, 0.717) is 21.9 Å². The molecule has 0 aromatic carbocycles. The zero-order valence-corrected chi connectivity index (χ0v) is 7.30. The van der Waals surface area contributed by atoms with Gasteiger partial charge in [-0.3, -0.25) is 0 Å². The third kappa shape index (κ3) is 7.05. The molecule has 0 aliphatic heterocycles. The Labute approximate surface area is 66.2 Å². The molecule has 0 aromatic rings. The zero-order chi connectivity index (χ0) is 6.41. The van der Waals surface area contributed by atoms with Gasteiger partial charge in [0, 0.05) is 5.50 Å². The average molecular weight is 192 g/mol. The summed E-state index contributed by atoms with van der Waals surface area (Å²) in [5.41, 5.74) is 0.514. The van der Waals surface area contributed by atoms with Crippen LogP contribution in [0.3, 0.4) is 0 Å². The van der Waals surface area contributed by atoms with Gasteiger partial charge in [-0.05, 0) is 0 Å². The molecular formula is C3H5Cl3OSi. The second-order valence-electron chi connectivity index (χ2n) is 0.980. The monoisotopic (exact) mass is 190 g/mol. The topological polar surface area (TPSA) is 9.23 Å². The van der Waals surface area contributed by atoms with Crippen LogP contribution in [0.4, 0.5) is 0 Å². The summed E-state index contributed by atoms with van der Waals surface area (Å²) in [5.74, 6) is 0. The molecule has 1 nitrogen and oxygen atoms in total. The Morgan fingerprint density at radius 1 is 1.50 bits per heavy atom. The quantitative estimate of drug-likeness (QED) is 0.373. The standard InChI is InChI=1S/C3H5Cl3OSi/c4-2-8-7-1-3(5)6/h3H,1-2H2. The van der Waals surface area contributed by atoms with Gasteiger partial charge in [0.15, 0.2) is 0 Å². The lowest BCUT2D eigenvalue weighted by molar-refractivity contribution is 0.357. The third-order valence-electron chi connectivity index (χ3n) is 0.366. The predicted octanol–water partition coefficient (Wildman–Crippen LogP) is 1.62. The van der Waals surface area contributed by atoms with Crippen LogP contribution in [-0.4, -0.2) is 26.7 Å². The van der Waals surface area contributed by atoms with Crippen molar-refractivity contribution in [1.29, 1.82) is 0 Å². The van der Waals surface area contributed by atoms with E-state index in [0.717, 1.165) is 0 Å². The van der Waals surface area contributed by atoms with Gasteiger partial charge in [0.25, 0.3) is 0 Å². The molecule has 0 N–H and O–H groups in total. The molecule has 0 aromatic heterocycles. The highest BCUT2D eigenvalue weighted by Gasteiger charge is 1.96. The lowest BCUT2D eigenvalue weighted by atomic mass is 10.9. The molecule has 2 radical (unpaired) electrons. The first-order valence-electron chi connectivity index (χ1n) is 1.96. The second kappa shape index (κ2) is 6.17. The molecule has 0 amide bonds. The molecular weight excluding hydrogens is 186 g/mol. The Balaban J connectivity index is 2.72. The lowest BCUT2D eigenvalue weighted by Gasteiger charge is -1.98. The molecule has 0 fully saturated rings. The molecule has 0 bridgehead atoms. The first-order valence-corrected chi connectivity index (χ1v) is 4.48. The van der Waals surface area contributed by atoms with Gasteiger partial charge < -0.3 is 4.43 Å². The van der Waals surface area contributed by atoms with Crippen LogP contribution < -0.4 is 0 Å². The molecule has 0 rings (SSSR count). The van der Waals surface area contributed by atoms with Crippen LogP contribution in [0.25, 0.3) is 0 Å². The SMILES string of the molecule is ClC[Si]OCC(Cl)Cl. The first kappa shape index (κ1) is 9.05. The number of rotatable bonds is 4. The lowest BCUT2D eigenvalue weighted by Crippen LogP contribution is -2.07. The van der Waals surface area contributed by atoms with Crippen molar-refractivity contribution < 1.29 is 4.43 Å². The van der Waals surface area contributed by atoms with Crippen LogP contribution >= 0.6 is 34.8 Å². The van der Waals surface area contributed by atoms with Gasteiger partial charge in [-0.15, -0.1) is 34.8 Å². The fraction of sp³-hybridized carbons (Fsp3) is 1.00. The number of halogens is 3. The summed E-state index contributed by atoms with van der Waals surface area (Å²) in [7, 11) is 0.304. The second-order valence-corrected chi connectivity index (χ2v) is 3.90. The first-order chi connectivity index (χ1) is 3.77. The van der Waals surface area contributed by atoms with Crippen LogP contribution in [0, 0.1) is 0 Å². The maximum Gasteiger partial charge on any atom is 0.246 e. The van der Waals surface area contributed by atoms with E-state index >= 15 is 0 Å². The molecule has 0 aliphatic carbocycles. The summed E-state index contributed by atoms with van der Waals surface area (Å²) in [5, 5.41) is 0. The van der Waals surface area contributed by atoms with E-state index in [1.54, 1.807) is 0 Å². The Hall–Kier alpha value is 1.05. The van der Waals surface area contributed by atoms with E-state index in [1.165, 1.54) is 0 Å². The molecule has 0 atom stereocenters. The van der Waals surface area contributed by atoms with Gasteiger partial charge in [0.2, 0.25) is 9.76 Å². The summed E-state index contributed by atoms with van der Waals surface area (Å²) in [6, 6.07) is 0. The molecule has 0 saturated carbocycles. The zero-order valence-electron chi connectivity index (χ0n) is 4.03. The van der Waals surface area contributed by atoms with E-state index in [4.69, 9.17) is 39.2 Å². The van der Waals surface area contributed by atoms with Crippen molar-refractivity contribution in [3.8, 4) is 0 Å². The highest BCUT2D eigenvalue weighted by molar-refractivity contribution is 6.46. The van der Waals surface area contributed by atoms with E-state index < -0.39 is 4.84 Å². The van der Waals surface area contributed by atoms with Gasteiger partial charge in [-0.2, -0.15) is 0 Å². The molecule has 0 unspecified atom stereocenters. The van der Waals surface area contributed by atoms with Crippen molar-refractivity contribution in [2.45, 2.75) is 4.84 Å². The molecule has 0 spiro atoms. The van der Waals surface area contributed by atoms with E-state index in [9.17, 15) is 0 Å². The van der Waals surface area contributed by atoms with Gasteiger partial charge >= 0.3 is 0 Å². The molecule has 0 heterocycles. The predicted molar refractivity (Wildman–Crippen MR) is 37.9 cm³/mol. The normalized spacial score (nSPS) is 10.5. The third-order valence-corrected chi connectivity index (χ3v) is 1.43. The Morgan fingerprint density at radius 2 is 2.12 bits per heavy atom. The van der Waals surface area contributed by atoms with Gasteiger partial charge in [-0.1, -0.05) is 0 Å². The summed E-state index contributed by atoms with van der Waals surface area (Å²) in [6.07, 6.45) is 0. The van der Waals surface area contributed by atoms with Gasteiger partial charge in [0.05, 0.1) is 6.61 Å². The maximum atomic E-state index is 5.32. The average Bonchev–Trinajstić information content (AvgIpc) is 1.66. The largest absolute Gasteiger partial charge is 0.413 e. The summed E-state index contributed by atoms with van der Waals surface area (Å²) >= 11 is 15.9. The number of hydrogen-bond donors (Lipinski definition) is 0. The van der Waals surface area contributed by atoms with E-state index in [1.807, 2.05) is 0 Å². The van der Waals surface area contributed by atoms with Crippen molar-refractivity contribution in [1.82, 2.24) is 0 Å². The smallest absolute Gasteiger partial charge is 0.246 e. The summed E-state index contributed by atoms with van der Waals surface area (Å²) in [4.78, 5) is -0.425. The fourth-order valence-electron chi connectivity index (χ4n) is 0.160. The van der Waals surface area contributed by atoms with E-state index in [-0.39, 0.29) is 0 Å². The summed E-state index contributed by atoms with van der Waals surface area (Å²) in [6.45, 7) is 0.369. The number of alkyl halides is 3. The number of hydrogen-bond acceptors (Lipinski definition) is 1. The van der Waals surface area contributed by atoms with Crippen LogP contribution in [0.5, 0.6) is 0 Å². The summed E-state index contributed by atoms with van der Waals surface area (Å²) < 4.78 is 4.88. The van der Waals surface area contributed by atoms with Gasteiger partial charge in [-0.25, -0.2) is 0 Å². The van der Waals surface area contributed by atoms with Crippen molar-refractivity contribution in [2.24, 2.45) is 0 Å². The van der Waals surface area contributed by atoms with Crippen molar-refractivity contribution in [3.05, 3.63) is 0 Å². The fourth-order valence-corrected chi connectivity index (χ4v) is 1.09. The van der Waals surface area contributed by atoms with E-state index in [2.05, 4.69) is 0 Å². The minimum atomic E-state index is -0.425. The minimum absolute atomic E-state index is 0.304. The molecule has 48 valence electrons. The van der Waals surface area contributed by atoms with Gasteiger partial charge in [0.1, 0.15) is 4.84 Å². The van der Waals surface area contributed by atoms with Crippen molar-refractivity contribution >= 4 is 44.6 Å². The van der Waals surface area contributed by atoms with Crippen molar-refractivity contribution in [3.63, 3.8) is 0 Å². The van der Waals surface area contributed by atoms with Crippen LogP contribution in [0.15, 0.2) is 0 Å². The highest BCUT2D eigenvalue weighted by Crippen LogP contribution is 2.00. The maximum absolute atomic E-state index is 5.32. The minimum Gasteiger partial charge on any atom is -0.413 e. The van der Waals surface area contributed by atoms with Crippen molar-refractivity contribution in [2.75, 3.05) is 12.1 Å². The van der Waals surface area contributed by atoms with Crippen LogP contribution in [0.1, 0.15) is 0 Å². The molecule has 5 heteroatoms. The Kier molecular flexibility index (Phi) is 6.98. The molecule has 8 heavy (non-hydrogen) atoms. The van der Waals surface area contributed by atoms with Crippen LogP contribution in [-0.2, 0) is 4.43 Å². The highest BCUT2D eigenvalue weighted by atomic mass is 35.5. The Bertz CT molecular complexity index is 51.8. The molecule has 0 aliphatic rings. The Morgan fingerprint density at radius 3 is 2.50 bits per heavy atom.